The lowest BCUT2D eigenvalue weighted by molar-refractivity contribution is -0.165. The van der Waals surface area contributed by atoms with Gasteiger partial charge >= 0.3 is 5.97 Å². The van der Waals surface area contributed by atoms with Crippen molar-refractivity contribution in [3.05, 3.63) is 35.3 Å². The summed E-state index contributed by atoms with van der Waals surface area (Å²) < 4.78 is 19.2. The molecule has 2 saturated heterocycles. The summed E-state index contributed by atoms with van der Waals surface area (Å²) in [6, 6.07) is 4.18. The molecule has 170 valence electrons. The second-order valence-electron chi connectivity index (χ2n) is 11.9. The van der Waals surface area contributed by atoms with Crippen LogP contribution in [0.25, 0.3) is 0 Å². The average Bonchev–Trinajstić information content (AvgIpc) is 3.00. The maximum atomic E-state index is 12.4. The van der Waals surface area contributed by atoms with Crippen molar-refractivity contribution >= 4 is 11.8 Å². The Balaban J connectivity index is 1.40. The first kappa shape index (κ1) is 19.6. The minimum Gasteiger partial charge on any atom is -0.466 e. The molecular formula is C27H32O5. The Morgan fingerprint density at radius 2 is 1.91 bits per heavy atom. The molecule has 0 radical (unpaired) electrons. The quantitative estimate of drug-likeness (QED) is 0.457. The molecule has 5 heteroatoms. The minimum atomic E-state index is -0.337. The third kappa shape index (κ3) is 2.06. The number of carbonyl (C=O) groups is 2. The van der Waals surface area contributed by atoms with Crippen molar-refractivity contribution in [2.45, 2.75) is 95.4 Å². The molecule has 5 fully saturated rings. The summed E-state index contributed by atoms with van der Waals surface area (Å²) in [7, 11) is 0. The van der Waals surface area contributed by atoms with Crippen molar-refractivity contribution in [2.75, 3.05) is 0 Å². The molecule has 32 heavy (non-hydrogen) atoms. The fourth-order valence-electron chi connectivity index (χ4n) is 9.23. The van der Waals surface area contributed by atoms with Gasteiger partial charge in [0.1, 0.15) is 22.7 Å². The second kappa shape index (κ2) is 5.78. The minimum absolute atomic E-state index is 0.0368. The maximum Gasteiger partial charge on any atom is 0.306 e. The van der Waals surface area contributed by atoms with E-state index in [4.69, 9.17) is 13.9 Å². The molecule has 2 aliphatic heterocycles. The van der Waals surface area contributed by atoms with Crippen molar-refractivity contribution in [3.63, 3.8) is 0 Å². The molecule has 5 nitrogen and oxygen atoms in total. The third-order valence-corrected chi connectivity index (χ3v) is 10.8. The molecule has 0 aromatic carbocycles. The van der Waals surface area contributed by atoms with Crippen LogP contribution in [-0.4, -0.2) is 29.1 Å². The molecule has 3 saturated carbocycles. The van der Waals surface area contributed by atoms with Gasteiger partial charge in [0.25, 0.3) is 0 Å². The summed E-state index contributed by atoms with van der Waals surface area (Å²) >= 11 is 0. The van der Waals surface area contributed by atoms with Crippen LogP contribution in [0.15, 0.2) is 28.2 Å². The van der Waals surface area contributed by atoms with Gasteiger partial charge in [0, 0.05) is 35.5 Å². The van der Waals surface area contributed by atoms with E-state index in [0.717, 1.165) is 50.0 Å². The number of esters is 1. The van der Waals surface area contributed by atoms with Crippen molar-refractivity contribution < 1.29 is 23.5 Å². The van der Waals surface area contributed by atoms with Crippen LogP contribution in [0.3, 0.4) is 0 Å². The van der Waals surface area contributed by atoms with Gasteiger partial charge in [-0.1, -0.05) is 19.4 Å². The Bertz CT molecular complexity index is 1080. The largest absolute Gasteiger partial charge is 0.466 e. The van der Waals surface area contributed by atoms with Gasteiger partial charge in [-0.25, -0.2) is 0 Å². The summed E-state index contributed by atoms with van der Waals surface area (Å²) in [4.78, 5) is 24.7. The highest BCUT2D eigenvalue weighted by Gasteiger charge is 2.83. The highest BCUT2D eigenvalue weighted by atomic mass is 16.6. The average molecular weight is 437 g/mol. The van der Waals surface area contributed by atoms with Crippen LogP contribution in [0.5, 0.6) is 0 Å². The molecule has 6 aliphatic rings. The van der Waals surface area contributed by atoms with Crippen molar-refractivity contribution in [2.24, 2.45) is 22.7 Å². The van der Waals surface area contributed by atoms with E-state index in [0.29, 0.717) is 24.7 Å². The van der Waals surface area contributed by atoms with Crippen molar-refractivity contribution in [1.82, 2.24) is 0 Å². The van der Waals surface area contributed by atoms with Crippen LogP contribution in [0, 0.1) is 29.6 Å². The van der Waals surface area contributed by atoms with Crippen LogP contribution < -0.4 is 0 Å². The Morgan fingerprint density at radius 1 is 1.06 bits per heavy atom. The van der Waals surface area contributed by atoms with E-state index in [1.165, 1.54) is 5.57 Å². The van der Waals surface area contributed by atoms with E-state index >= 15 is 0 Å². The van der Waals surface area contributed by atoms with Crippen LogP contribution in [-0.2, 0) is 19.1 Å². The second-order valence-corrected chi connectivity index (χ2v) is 11.9. The first-order valence-corrected chi connectivity index (χ1v) is 12.4. The SMILES string of the molecule is Cc1ccc([C@@H]2CC3=CC(=O)CCC3(C)C34OC3C[C@@]3(C)[C@@H](CC[C@@]35CCC(=O)O5)[C@H]24)o1. The highest BCUT2D eigenvalue weighted by molar-refractivity contribution is 5.92. The first-order valence-electron chi connectivity index (χ1n) is 12.4. The van der Waals surface area contributed by atoms with Crippen molar-refractivity contribution in [3.8, 4) is 0 Å². The Morgan fingerprint density at radius 3 is 2.62 bits per heavy atom. The van der Waals surface area contributed by atoms with E-state index in [1.54, 1.807) is 0 Å². The van der Waals surface area contributed by atoms with E-state index in [1.807, 2.05) is 13.0 Å². The fourth-order valence-corrected chi connectivity index (χ4v) is 9.23. The zero-order valence-electron chi connectivity index (χ0n) is 19.2. The number of carbonyl (C=O) groups excluding carboxylic acids is 2. The monoisotopic (exact) mass is 436 g/mol. The zero-order valence-corrected chi connectivity index (χ0v) is 19.2. The van der Waals surface area contributed by atoms with E-state index in [2.05, 4.69) is 26.0 Å². The summed E-state index contributed by atoms with van der Waals surface area (Å²) in [5, 5.41) is 0. The summed E-state index contributed by atoms with van der Waals surface area (Å²) in [6.07, 6.45) is 8.78. The number of hydrogen-bond donors (Lipinski definition) is 0. The molecule has 0 N–H and O–H groups in total. The molecular weight excluding hydrogens is 404 g/mol. The number of fused-ring (bicyclic) bond motifs is 4. The van der Waals surface area contributed by atoms with Gasteiger partial charge in [0.05, 0.1) is 6.10 Å². The fraction of sp³-hybridized carbons (Fsp3) is 0.704. The molecule has 1 aromatic heterocycles. The molecule has 3 heterocycles. The van der Waals surface area contributed by atoms with Gasteiger partial charge in [0.2, 0.25) is 0 Å². The molecule has 3 unspecified atom stereocenters. The van der Waals surface area contributed by atoms with Gasteiger partial charge < -0.3 is 13.9 Å². The Kier molecular flexibility index (Phi) is 3.54. The number of rotatable bonds is 1. The highest BCUT2D eigenvalue weighted by Crippen LogP contribution is 2.79. The zero-order chi connectivity index (χ0) is 22.1. The number of aryl methyl sites for hydroxylation is 1. The van der Waals surface area contributed by atoms with Crippen LogP contribution in [0.1, 0.15) is 82.7 Å². The maximum absolute atomic E-state index is 12.4. The molecule has 7 rings (SSSR count). The van der Waals surface area contributed by atoms with Crippen molar-refractivity contribution in [1.29, 1.82) is 0 Å². The number of hydrogen-bond acceptors (Lipinski definition) is 5. The standard InChI is InChI=1S/C27H32O5/c1-15-4-5-20(30-15)18-13-16-12-17(28)6-9-24(16,2)27-21(31-27)14-25(3)19(23(18)27)7-10-26(25)11-8-22(29)32-26/h4-5,12,18-19,21,23H,6-11,13-14H2,1-3H3/t18-,19-,21?,23-,24?,25-,26+,27?/m0/s1. The van der Waals surface area contributed by atoms with Gasteiger partial charge in [-0.3, -0.25) is 9.59 Å². The van der Waals surface area contributed by atoms with E-state index in [-0.39, 0.29) is 45.8 Å². The number of ketones is 1. The van der Waals surface area contributed by atoms with E-state index in [9.17, 15) is 9.59 Å². The van der Waals surface area contributed by atoms with E-state index < -0.39 is 0 Å². The van der Waals surface area contributed by atoms with Gasteiger partial charge in [-0.2, -0.15) is 0 Å². The lowest BCUT2D eigenvalue weighted by Crippen LogP contribution is -2.61. The number of epoxide rings is 1. The normalized spacial score (nSPS) is 50.9. The summed E-state index contributed by atoms with van der Waals surface area (Å²) in [6.45, 7) is 6.72. The van der Waals surface area contributed by atoms with Gasteiger partial charge in [-0.05, 0) is 69.6 Å². The predicted octanol–water partition coefficient (Wildman–Crippen LogP) is 5.02. The first-order chi connectivity index (χ1) is 15.2. The van der Waals surface area contributed by atoms with Gasteiger partial charge in [-0.15, -0.1) is 0 Å². The van der Waals surface area contributed by atoms with Crippen LogP contribution in [0.4, 0.5) is 0 Å². The third-order valence-electron chi connectivity index (χ3n) is 10.8. The Labute approximate surface area is 188 Å². The molecule has 1 aromatic rings. The van der Waals surface area contributed by atoms with Gasteiger partial charge in [0.15, 0.2) is 5.78 Å². The summed E-state index contributed by atoms with van der Waals surface area (Å²) in [5.74, 6) is 3.08. The van der Waals surface area contributed by atoms with Crippen LogP contribution in [0.2, 0.25) is 0 Å². The summed E-state index contributed by atoms with van der Waals surface area (Å²) in [5.41, 5.74) is 0.515. The smallest absolute Gasteiger partial charge is 0.306 e. The topological polar surface area (TPSA) is 69.0 Å². The molecule has 0 amide bonds. The van der Waals surface area contributed by atoms with Crippen LogP contribution >= 0.6 is 0 Å². The number of furan rings is 1. The lowest BCUT2D eigenvalue weighted by Gasteiger charge is -2.58. The molecule has 2 spiro atoms. The number of ether oxygens (including phenoxy) is 2. The Hall–Kier alpha value is -1.88. The molecule has 4 aliphatic carbocycles. The lowest BCUT2D eigenvalue weighted by atomic mass is 9.43. The predicted molar refractivity (Wildman–Crippen MR) is 116 cm³/mol. The molecule has 8 atom stereocenters. The molecule has 0 bridgehead atoms.